The van der Waals surface area contributed by atoms with Crippen molar-refractivity contribution >= 4 is 43.9 Å². The molecule has 0 radical (unpaired) electrons. The Labute approximate surface area is 163 Å². The van der Waals surface area contributed by atoms with Crippen molar-refractivity contribution in [3.8, 4) is 11.9 Å². The van der Waals surface area contributed by atoms with Gasteiger partial charge in [-0.25, -0.2) is 14.4 Å². The first kappa shape index (κ1) is 17.6. The smallest absolute Gasteiger partial charge is 0.210 e. The van der Waals surface area contributed by atoms with Gasteiger partial charge in [0.2, 0.25) is 5.88 Å². The molecule has 3 aromatic heterocycles. The summed E-state index contributed by atoms with van der Waals surface area (Å²) < 4.78 is 14.2. The van der Waals surface area contributed by atoms with Crippen LogP contribution in [0.4, 0.5) is 26.6 Å². The summed E-state index contributed by atoms with van der Waals surface area (Å²) in [4.78, 5) is 12.5. The van der Waals surface area contributed by atoms with E-state index in [0.717, 1.165) is 0 Å². The molecule has 0 fully saturated rings. The van der Waals surface area contributed by atoms with Gasteiger partial charge in [-0.3, -0.25) is 0 Å². The van der Waals surface area contributed by atoms with Gasteiger partial charge >= 0.3 is 0 Å². The fourth-order valence-corrected chi connectivity index (χ4v) is 3.53. The van der Waals surface area contributed by atoms with Gasteiger partial charge < -0.3 is 15.7 Å². The number of aryl methyl sites for hydroxylation is 1. The van der Waals surface area contributed by atoms with Crippen LogP contribution in [0.2, 0.25) is 0 Å². The number of aromatic hydroxyl groups is 1. The summed E-state index contributed by atoms with van der Waals surface area (Å²) in [6, 6.07) is 9.91. The summed E-state index contributed by atoms with van der Waals surface area (Å²) >= 11 is 1.32. The second-order valence-corrected chi connectivity index (χ2v) is 6.95. The average Bonchev–Trinajstić information content (AvgIpc) is 3.10. The lowest BCUT2D eigenvalue weighted by Crippen LogP contribution is -1.96. The second kappa shape index (κ2) is 7.09. The Balaban J connectivity index is 1.73. The topological polar surface area (TPSA) is 107 Å². The SMILES string of the molecule is Cc1cc(Nc2c(C#N)cnc3nc(Nc4ccc(O)nc4)sc23)ccc1F. The molecule has 0 atom stereocenters. The van der Waals surface area contributed by atoms with Gasteiger partial charge in [-0.1, -0.05) is 11.3 Å². The molecule has 9 heteroatoms. The van der Waals surface area contributed by atoms with Gasteiger partial charge in [0.1, 0.15) is 16.6 Å². The first-order valence-electron chi connectivity index (χ1n) is 8.18. The number of hydrogen-bond acceptors (Lipinski definition) is 8. The maximum Gasteiger partial charge on any atom is 0.210 e. The maximum absolute atomic E-state index is 13.5. The number of halogens is 1. The first-order valence-corrected chi connectivity index (χ1v) is 9.00. The van der Waals surface area contributed by atoms with E-state index in [1.54, 1.807) is 25.1 Å². The minimum absolute atomic E-state index is 0.0729. The standard InChI is InChI=1S/C19H13FN6OS/c1-10-6-12(2-4-14(10)20)24-16-11(7-21)8-23-18-17(16)28-19(26-18)25-13-3-5-15(27)22-9-13/h2-6,8-9H,1H3,(H,22,27)(H2,23,24,25,26). The molecule has 0 aliphatic rings. The van der Waals surface area contributed by atoms with E-state index in [0.29, 0.717) is 43.7 Å². The molecule has 1 aromatic carbocycles. The molecule has 3 N–H and O–H groups in total. The normalized spacial score (nSPS) is 10.6. The monoisotopic (exact) mass is 392 g/mol. The highest BCUT2D eigenvalue weighted by Crippen LogP contribution is 2.36. The Morgan fingerprint density at radius 3 is 2.64 bits per heavy atom. The van der Waals surface area contributed by atoms with Crippen LogP contribution in [0, 0.1) is 24.1 Å². The van der Waals surface area contributed by atoms with E-state index >= 15 is 0 Å². The predicted molar refractivity (Wildman–Crippen MR) is 106 cm³/mol. The highest BCUT2D eigenvalue weighted by atomic mass is 32.1. The molecule has 0 saturated heterocycles. The van der Waals surface area contributed by atoms with Crippen LogP contribution in [0.1, 0.15) is 11.1 Å². The molecule has 4 rings (SSSR count). The van der Waals surface area contributed by atoms with E-state index in [1.165, 1.54) is 35.9 Å². The molecular weight excluding hydrogens is 379 g/mol. The number of pyridine rings is 2. The maximum atomic E-state index is 13.5. The van der Waals surface area contributed by atoms with E-state index in [2.05, 4.69) is 31.7 Å². The molecule has 0 bridgehead atoms. The number of aromatic nitrogens is 3. The van der Waals surface area contributed by atoms with Gasteiger partial charge in [0.05, 0.1) is 23.1 Å². The lowest BCUT2D eigenvalue weighted by Gasteiger charge is -2.09. The number of anilines is 4. The number of nitriles is 1. The third kappa shape index (κ3) is 3.41. The lowest BCUT2D eigenvalue weighted by molar-refractivity contribution is 0.453. The Kier molecular flexibility index (Phi) is 4.47. The molecule has 28 heavy (non-hydrogen) atoms. The summed E-state index contributed by atoms with van der Waals surface area (Å²) in [7, 11) is 0. The number of nitrogens with zero attached hydrogens (tertiary/aromatic N) is 4. The van der Waals surface area contributed by atoms with E-state index in [1.807, 2.05) is 0 Å². The molecule has 0 aliphatic heterocycles. The van der Waals surface area contributed by atoms with Crippen LogP contribution < -0.4 is 10.6 Å². The largest absolute Gasteiger partial charge is 0.493 e. The second-order valence-electron chi connectivity index (χ2n) is 5.95. The van der Waals surface area contributed by atoms with Crippen LogP contribution in [0.25, 0.3) is 10.3 Å². The van der Waals surface area contributed by atoms with Gasteiger partial charge in [-0.15, -0.1) is 0 Å². The molecule has 138 valence electrons. The molecule has 0 unspecified atom stereocenters. The summed E-state index contributed by atoms with van der Waals surface area (Å²) in [6.45, 7) is 1.67. The molecule has 3 heterocycles. The summed E-state index contributed by atoms with van der Waals surface area (Å²) in [5.41, 5.74) is 3.21. The molecule has 7 nitrogen and oxygen atoms in total. The summed E-state index contributed by atoms with van der Waals surface area (Å²) in [5, 5.41) is 25.6. The van der Waals surface area contributed by atoms with Gasteiger partial charge in [-0.2, -0.15) is 10.2 Å². The van der Waals surface area contributed by atoms with Gasteiger partial charge in [0.25, 0.3) is 0 Å². The van der Waals surface area contributed by atoms with Gasteiger partial charge in [0.15, 0.2) is 10.8 Å². The fraction of sp³-hybridized carbons (Fsp3) is 0.0526. The van der Waals surface area contributed by atoms with Crippen LogP contribution >= 0.6 is 11.3 Å². The summed E-state index contributed by atoms with van der Waals surface area (Å²) in [5.74, 6) is -0.367. The summed E-state index contributed by atoms with van der Waals surface area (Å²) in [6.07, 6.45) is 2.93. The Morgan fingerprint density at radius 2 is 1.93 bits per heavy atom. The Hall–Kier alpha value is -3.77. The van der Waals surface area contributed by atoms with Crippen molar-refractivity contribution < 1.29 is 9.50 Å². The van der Waals surface area contributed by atoms with Crippen molar-refractivity contribution in [1.29, 1.82) is 5.26 Å². The van der Waals surface area contributed by atoms with Crippen molar-refractivity contribution in [3.05, 3.63) is 59.7 Å². The quantitative estimate of drug-likeness (QED) is 0.466. The Morgan fingerprint density at radius 1 is 1.11 bits per heavy atom. The fourth-order valence-electron chi connectivity index (χ4n) is 2.59. The van der Waals surface area contributed by atoms with Crippen LogP contribution in [0.3, 0.4) is 0 Å². The van der Waals surface area contributed by atoms with Crippen molar-refractivity contribution in [1.82, 2.24) is 15.0 Å². The van der Waals surface area contributed by atoms with E-state index < -0.39 is 0 Å². The van der Waals surface area contributed by atoms with Crippen molar-refractivity contribution in [3.63, 3.8) is 0 Å². The molecule has 0 amide bonds. The predicted octanol–water partition coefficient (Wildman–Crippen LogP) is 4.60. The third-order valence-electron chi connectivity index (χ3n) is 3.97. The third-order valence-corrected chi connectivity index (χ3v) is 4.95. The highest BCUT2D eigenvalue weighted by molar-refractivity contribution is 7.22. The number of hydrogen-bond donors (Lipinski definition) is 3. The molecular formula is C19H13FN6OS. The molecule has 0 aliphatic carbocycles. The zero-order chi connectivity index (χ0) is 19.7. The van der Waals surface area contributed by atoms with Crippen molar-refractivity contribution in [2.45, 2.75) is 6.92 Å². The molecule has 4 aromatic rings. The molecule has 0 spiro atoms. The van der Waals surface area contributed by atoms with E-state index in [-0.39, 0.29) is 11.7 Å². The number of benzene rings is 1. The average molecular weight is 392 g/mol. The minimum atomic E-state index is -0.294. The highest BCUT2D eigenvalue weighted by Gasteiger charge is 2.15. The first-order chi connectivity index (χ1) is 13.5. The van der Waals surface area contributed by atoms with Gasteiger partial charge in [0, 0.05) is 18.0 Å². The minimum Gasteiger partial charge on any atom is -0.493 e. The lowest BCUT2D eigenvalue weighted by atomic mass is 10.2. The number of thiazole rings is 1. The zero-order valence-corrected chi connectivity index (χ0v) is 15.4. The molecule has 0 saturated carbocycles. The van der Waals surface area contributed by atoms with Crippen LogP contribution in [0.5, 0.6) is 5.88 Å². The van der Waals surface area contributed by atoms with Crippen molar-refractivity contribution in [2.75, 3.05) is 10.6 Å². The van der Waals surface area contributed by atoms with Crippen LogP contribution in [-0.2, 0) is 0 Å². The van der Waals surface area contributed by atoms with Crippen LogP contribution in [-0.4, -0.2) is 20.1 Å². The number of rotatable bonds is 4. The number of fused-ring (bicyclic) bond motifs is 1. The zero-order valence-electron chi connectivity index (χ0n) is 14.6. The number of nitrogens with one attached hydrogen (secondary N) is 2. The van der Waals surface area contributed by atoms with Gasteiger partial charge in [-0.05, 0) is 36.8 Å². The Bertz CT molecular complexity index is 1220. The van der Waals surface area contributed by atoms with Crippen LogP contribution in [0.15, 0.2) is 42.7 Å². The van der Waals surface area contributed by atoms with E-state index in [4.69, 9.17) is 0 Å². The van der Waals surface area contributed by atoms with Crippen molar-refractivity contribution in [2.24, 2.45) is 0 Å². The van der Waals surface area contributed by atoms with E-state index in [9.17, 15) is 14.8 Å².